The summed E-state index contributed by atoms with van der Waals surface area (Å²) in [5.41, 5.74) is 0.861. The van der Waals surface area contributed by atoms with Crippen molar-refractivity contribution in [3.63, 3.8) is 0 Å². The van der Waals surface area contributed by atoms with Crippen molar-refractivity contribution in [2.24, 2.45) is 4.99 Å². The number of rotatable bonds is 3. The highest BCUT2D eigenvalue weighted by Gasteiger charge is 2.24. The lowest BCUT2D eigenvalue weighted by Gasteiger charge is -1.98. The lowest BCUT2D eigenvalue weighted by molar-refractivity contribution is -0.130. The number of esters is 1. The van der Waals surface area contributed by atoms with Crippen molar-refractivity contribution in [3.8, 4) is 0 Å². The van der Waals surface area contributed by atoms with Crippen LogP contribution in [0.3, 0.4) is 0 Å². The highest BCUT2D eigenvalue weighted by Crippen LogP contribution is 2.18. The molecule has 1 aromatic rings. The first kappa shape index (κ1) is 11.7. The Kier molecular flexibility index (Phi) is 3.44. The molecule has 1 heterocycles. The quantitative estimate of drug-likeness (QED) is 0.471. The van der Waals surface area contributed by atoms with Crippen LogP contribution in [-0.4, -0.2) is 18.5 Å². The standard InChI is InChI=1S/C12H10ClNO3/c1-2-16-7-10-12(15)17-11(14-10)8-3-5-9(13)6-4-8/h3-7H,2H2,1H3. The molecule has 0 aliphatic carbocycles. The second kappa shape index (κ2) is 5.01. The van der Waals surface area contributed by atoms with Crippen molar-refractivity contribution < 1.29 is 14.3 Å². The number of hydrogen-bond donors (Lipinski definition) is 0. The molecule has 0 unspecified atom stereocenters. The third-order valence-corrected chi connectivity index (χ3v) is 2.33. The van der Waals surface area contributed by atoms with Crippen LogP contribution in [0.5, 0.6) is 0 Å². The fraction of sp³-hybridized carbons (Fsp3) is 0.167. The normalized spacial score (nSPS) is 16.9. The Bertz CT molecular complexity index is 491. The molecule has 17 heavy (non-hydrogen) atoms. The van der Waals surface area contributed by atoms with E-state index in [9.17, 15) is 4.79 Å². The van der Waals surface area contributed by atoms with Crippen LogP contribution in [0.15, 0.2) is 41.2 Å². The van der Waals surface area contributed by atoms with Gasteiger partial charge in [0.2, 0.25) is 5.90 Å². The van der Waals surface area contributed by atoms with Crippen LogP contribution in [-0.2, 0) is 14.3 Å². The fourth-order valence-electron chi connectivity index (χ4n) is 1.27. The van der Waals surface area contributed by atoms with Gasteiger partial charge in [-0.05, 0) is 31.2 Å². The average molecular weight is 252 g/mol. The van der Waals surface area contributed by atoms with Crippen molar-refractivity contribution in [3.05, 3.63) is 46.8 Å². The van der Waals surface area contributed by atoms with E-state index in [1.807, 2.05) is 6.92 Å². The highest BCUT2D eigenvalue weighted by atomic mass is 35.5. The van der Waals surface area contributed by atoms with Crippen LogP contribution in [0.2, 0.25) is 5.02 Å². The second-order valence-electron chi connectivity index (χ2n) is 3.27. The van der Waals surface area contributed by atoms with Gasteiger partial charge in [0.1, 0.15) is 6.26 Å². The van der Waals surface area contributed by atoms with Crippen LogP contribution in [0.1, 0.15) is 12.5 Å². The first-order chi connectivity index (χ1) is 8.20. The largest absolute Gasteiger partial charge is 0.499 e. The molecule has 1 aliphatic rings. The van der Waals surface area contributed by atoms with E-state index in [4.69, 9.17) is 21.1 Å². The number of cyclic esters (lactones) is 1. The summed E-state index contributed by atoms with van der Waals surface area (Å²) >= 11 is 5.77. The molecule has 2 rings (SSSR count). The van der Waals surface area contributed by atoms with Crippen molar-refractivity contribution in [2.75, 3.05) is 6.61 Å². The molecule has 0 fully saturated rings. The van der Waals surface area contributed by atoms with Gasteiger partial charge in [-0.2, -0.15) is 0 Å². The van der Waals surface area contributed by atoms with Crippen molar-refractivity contribution in [1.29, 1.82) is 0 Å². The molecule has 0 saturated carbocycles. The average Bonchev–Trinajstić information content (AvgIpc) is 2.69. The Morgan fingerprint density at radius 1 is 1.41 bits per heavy atom. The van der Waals surface area contributed by atoms with E-state index < -0.39 is 5.97 Å². The van der Waals surface area contributed by atoms with E-state index in [0.29, 0.717) is 17.2 Å². The summed E-state index contributed by atoms with van der Waals surface area (Å²) in [4.78, 5) is 15.5. The molecular weight excluding hydrogens is 242 g/mol. The molecule has 0 atom stereocenters. The Labute approximate surface area is 104 Å². The number of carbonyl (C=O) groups excluding carboxylic acids is 1. The fourth-order valence-corrected chi connectivity index (χ4v) is 1.40. The van der Waals surface area contributed by atoms with E-state index in [2.05, 4.69) is 4.99 Å². The number of halogens is 1. The summed E-state index contributed by atoms with van der Waals surface area (Å²) < 4.78 is 10.0. The first-order valence-corrected chi connectivity index (χ1v) is 5.47. The monoisotopic (exact) mass is 251 g/mol. The molecule has 1 aliphatic heterocycles. The van der Waals surface area contributed by atoms with Gasteiger partial charge in [-0.15, -0.1) is 0 Å². The van der Waals surface area contributed by atoms with Crippen LogP contribution >= 0.6 is 11.6 Å². The molecule has 4 nitrogen and oxygen atoms in total. The van der Waals surface area contributed by atoms with E-state index in [0.717, 1.165) is 0 Å². The molecule has 88 valence electrons. The van der Waals surface area contributed by atoms with Crippen molar-refractivity contribution in [2.45, 2.75) is 6.92 Å². The summed E-state index contributed by atoms with van der Waals surface area (Å²) in [6.07, 6.45) is 1.30. The van der Waals surface area contributed by atoms with Crippen LogP contribution in [0, 0.1) is 0 Å². The van der Waals surface area contributed by atoms with Gasteiger partial charge in [-0.25, -0.2) is 9.79 Å². The Hall–Kier alpha value is -1.81. The Morgan fingerprint density at radius 3 is 2.76 bits per heavy atom. The number of benzene rings is 1. The molecular formula is C12H10ClNO3. The number of aliphatic imine (C=N–C) groups is 1. The minimum Gasteiger partial charge on any atom is -0.499 e. The highest BCUT2D eigenvalue weighted by molar-refractivity contribution is 6.30. The minimum absolute atomic E-state index is 0.164. The van der Waals surface area contributed by atoms with Crippen molar-refractivity contribution >= 4 is 23.5 Å². The molecule has 0 spiro atoms. The maximum atomic E-state index is 11.4. The predicted molar refractivity (Wildman–Crippen MR) is 63.8 cm³/mol. The zero-order valence-electron chi connectivity index (χ0n) is 9.14. The van der Waals surface area contributed by atoms with Crippen LogP contribution in [0.4, 0.5) is 0 Å². The number of ether oxygens (including phenoxy) is 2. The molecule has 1 aromatic carbocycles. The van der Waals surface area contributed by atoms with Crippen LogP contribution in [0.25, 0.3) is 0 Å². The lowest BCUT2D eigenvalue weighted by Crippen LogP contribution is -2.05. The zero-order chi connectivity index (χ0) is 12.3. The van der Waals surface area contributed by atoms with Crippen molar-refractivity contribution in [1.82, 2.24) is 0 Å². The van der Waals surface area contributed by atoms with Gasteiger partial charge in [0.15, 0.2) is 5.70 Å². The summed E-state index contributed by atoms with van der Waals surface area (Å²) in [6, 6.07) is 6.88. The third kappa shape index (κ3) is 2.65. The number of hydrogen-bond acceptors (Lipinski definition) is 4. The molecule has 0 amide bonds. The smallest absolute Gasteiger partial charge is 0.367 e. The summed E-state index contributed by atoms with van der Waals surface area (Å²) in [5.74, 6) is -0.249. The van der Waals surface area contributed by atoms with Gasteiger partial charge in [0.05, 0.1) is 6.61 Å². The molecule has 0 N–H and O–H groups in total. The van der Waals surface area contributed by atoms with Gasteiger partial charge in [-0.1, -0.05) is 11.6 Å². The van der Waals surface area contributed by atoms with E-state index in [1.165, 1.54) is 6.26 Å². The maximum Gasteiger partial charge on any atom is 0.367 e. The number of nitrogens with zero attached hydrogens (tertiary/aromatic N) is 1. The minimum atomic E-state index is -0.511. The van der Waals surface area contributed by atoms with Gasteiger partial charge in [0.25, 0.3) is 0 Å². The molecule has 0 aromatic heterocycles. The van der Waals surface area contributed by atoms with Gasteiger partial charge >= 0.3 is 5.97 Å². The van der Waals surface area contributed by atoms with E-state index >= 15 is 0 Å². The van der Waals surface area contributed by atoms with Gasteiger partial charge in [0, 0.05) is 10.6 Å². The molecule has 0 saturated heterocycles. The third-order valence-electron chi connectivity index (χ3n) is 2.07. The predicted octanol–water partition coefficient (Wildman–Crippen LogP) is 2.52. The topological polar surface area (TPSA) is 47.9 Å². The SMILES string of the molecule is CCOC=C1N=C(c2ccc(Cl)cc2)OC1=O. The maximum absolute atomic E-state index is 11.4. The van der Waals surface area contributed by atoms with E-state index in [-0.39, 0.29) is 11.6 Å². The number of carbonyl (C=O) groups is 1. The summed E-state index contributed by atoms with van der Waals surface area (Å²) in [5, 5.41) is 0.615. The molecule has 0 bridgehead atoms. The second-order valence-corrected chi connectivity index (χ2v) is 3.71. The summed E-state index contributed by atoms with van der Waals surface area (Å²) in [7, 11) is 0. The Morgan fingerprint density at radius 2 is 2.12 bits per heavy atom. The summed E-state index contributed by atoms with van der Waals surface area (Å²) in [6.45, 7) is 2.30. The molecule has 5 heteroatoms. The lowest BCUT2D eigenvalue weighted by atomic mass is 10.2. The van der Waals surface area contributed by atoms with Gasteiger partial charge in [-0.3, -0.25) is 0 Å². The van der Waals surface area contributed by atoms with Gasteiger partial charge < -0.3 is 9.47 Å². The van der Waals surface area contributed by atoms with E-state index in [1.54, 1.807) is 24.3 Å². The first-order valence-electron chi connectivity index (χ1n) is 5.09. The Balaban J connectivity index is 2.24. The zero-order valence-corrected chi connectivity index (χ0v) is 9.90. The van der Waals surface area contributed by atoms with Crippen LogP contribution < -0.4 is 0 Å². The molecule has 0 radical (unpaired) electrons.